The van der Waals surface area contributed by atoms with Crippen LogP contribution in [-0.2, 0) is 0 Å². The lowest BCUT2D eigenvalue weighted by Crippen LogP contribution is -1.95. The van der Waals surface area contributed by atoms with E-state index in [0.29, 0.717) is 17.4 Å². The van der Waals surface area contributed by atoms with Gasteiger partial charge in [0.05, 0.1) is 23.3 Å². The molecule has 0 unspecified atom stereocenters. The highest BCUT2D eigenvalue weighted by molar-refractivity contribution is 6.33. The maximum atomic E-state index is 6.30. The van der Waals surface area contributed by atoms with Crippen LogP contribution in [0.4, 0.5) is 0 Å². The Morgan fingerprint density at radius 2 is 1.86 bits per heavy atom. The molecule has 0 saturated heterocycles. The summed E-state index contributed by atoms with van der Waals surface area (Å²) >= 11 is 6.30. The molecule has 0 aliphatic heterocycles. The van der Waals surface area contributed by atoms with Gasteiger partial charge >= 0.3 is 11.3 Å². The first-order chi connectivity index (χ1) is 10.6. The standard InChI is InChI=1S/C19H18ClO2/c1-4-21-17-11-16(14-7-5-6-8-15(14)20)22-18-10-12(2)9-13(3)19(17)18/h5-11H,4H2,1-3H3/q+1. The minimum Gasteiger partial charge on any atom is -0.492 e. The van der Waals surface area contributed by atoms with Gasteiger partial charge in [-0.15, -0.1) is 0 Å². The zero-order valence-corrected chi connectivity index (χ0v) is 13.7. The summed E-state index contributed by atoms with van der Waals surface area (Å²) in [6, 6.07) is 13.8. The van der Waals surface area contributed by atoms with Gasteiger partial charge in [-0.3, -0.25) is 0 Å². The number of halogens is 1. The Labute approximate surface area is 135 Å². The zero-order valence-electron chi connectivity index (χ0n) is 12.9. The van der Waals surface area contributed by atoms with Crippen molar-refractivity contribution in [3.05, 3.63) is 58.6 Å². The smallest absolute Gasteiger partial charge is 0.366 e. The van der Waals surface area contributed by atoms with E-state index >= 15 is 0 Å². The van der Waals surface area contributed by atoms with Crippen molar-refractivity contribution in [2.75, 3.05) is 6.61 Å². The quantitative estimate of drug-likeness (QED) is 0.549. The number of hydrogen-bond donors (Lipinski definition) is 0. The maximum Gasteiger partial charge on any atom is 0.366 e. The molecule has 0 aliphatic carbocycles. The minimum absolute atomic E-state index is 0.606. The molecule has 1 heterocycles. The van der Waals surface area contributed by atoms with Gasteiger partial charge in [-0.05, 0) is 44.0 Å². The molecule has 3 rings (SSSR count). The molecule has 2 nitrogen and oxygen atoms in total. The molecule has 0 fully saturated rings. The van der Waals surface area contributed by atoms with Gasteiger partial charge in [0.25, 0.3) is 0 Å². The second kappa shape index (κ2) is 5.98. The Bertz CT molecular complexity index is 840. The molecule has 0 N–H and O–H groups in total. The van der Waals surface area contributed by atoms with Gasteiger partial charge in [0.15, 0.2) is 0 Å². The van der Waals surface area contributed by atoms with Crippen molar-refractivity contribution >= 4 is 22.6 Å². The predicted molar refractivity (Wildman–Crippen MR) is 91.7 cm³/mol. The number of fused-ring (bicyclic) bond motifs is 1. The van der Waals surface area contributed by atoms with E-state index in [4.69, 9.17) is 20.8 Å². The van der Waals surface area contributed by atoms with Gasteiger partial charge < -0.3 is 4.74 Å². The molecular weight excluding hydrogens is 296 g/mol. The fourth-order valence-corrected chi connectivity index (χ4v) is 2.96. The molecule has 22 heavy (non-hydrogen) atoms. The largest absolute Gasteiger partial charge is 0.492 e. The summed E-state index contributed by atoms with van der Waals surface area (Å²) in [7, 11) is 0. The van der Waals surface area contributed by atoms with Crippen molar-refractivity contribution < 1.29 is 9.15 Å². The fraction of sp³-hybridized carbons (Fsp3) is 0.211. The van der Waals surface area contributed by atoms with Crippen LogP contribution in [0, 0.1) is 13.8 Å². The van der Waals surface area contributed by atoms with Gasteiger partial charge in [0, 0.05) is 6.07 Å². The molecule has 0 saturated carbocycles. The fourth-order valence-electron chi connectivity index (χ4n) is 2.73. The Morgan fingerprint density at radius 3 is 2.59 bits per heavy atom. The van der Waals surface area contributed by atoms with E-state index in [2.05, 4.69) is 19.9 Å². The van der Waals surface area contributed by atoms with E-state index in [-0.39, 0.29) is 0 Å². The second-order valence-electron chi connectivity index (χ2n) is 5.34. The van der Waals surface area contributed by atoms with Gasteiger partial charge in [0.1, 0.15) is 11.1 Å². The molecule has 0 radical (unpaired) electrons. The summed E-state index contributed by atoms with van der Waals surface area (Å²) < 4.78 is 12.0. The second-order valence-corrected chi connectivity index (χ2v) is 5.75. The lowest BCUT2D eigenvalue weighted by atomic mass is 10.0. The van der Waals surface area contributed by atoms with Crippen LogP contribution >= 0.6 is 11.6 Å². The van der Waals surface area contributed by atoms with Crippen LogP contribution in [0.1, 0.15) is 18.1 Å². The maximum absolute atomic E-state index is 6.30. The van der Waals surface area contributed by atoms with Crippen molar-refractivity contribution in [3.63, 3.8) is 0 Å². The first-order valence-electron chi connectivity index (χ1n) is 7.36. The van der Waals surface area contributed by atoms with Gasteiger partial charge in [-0.1, -0.05) is 29.8 Å². The normalized spacial score (nSPS) is 10.9. The van der Waals surface area contributed by atoms with Gasteiger partial charge in [0.2, 0.25) is 0 Å². The van der Waals surface area contributed by atoms with E-state index in [1.54, 1.807) is 0 Å². The first kappa shape index (κ1) is 14.9. The van der Waals surface area contributed by atoms with E-state index in [1.165, 1.54) is 0 Å². The topological polar surface area (TPSA) is 20.5 Å². The highest BCUT2D eigenvalue weighted by Gasteiger charge is 2.23. The molecule has 0 bridgehead atoms. The van der Waals surface area contributed by atoms with Gasteiger partial charge in [-0.25, -0.2) is 4.42 Å². The SMILES string of the molecule is CCOc1cc(-c2ccccc2Cl)[o+]c2cc(C)cc(C)c12. The molecule has 3 aromatic rings. The van der Waals surface area contributed by atoms with Crippen molar-refractivity contribution in [3.8, 4) is 17.1 Å². The molecular formula is C19H18ClO2+. The van der Waals surface area contributed by atoms with Crippen molar-refractivity contribution in [1.82, 2.24) is 0 Å². The number of aryl methyl sites for hydroxylation is 2. The van der Waals surface area contributed by atoms with E-state index in [9.17, 15) is 0 Å². The lowest BCUT2D eigenvalue weighted by molar-refractivity contribution is 0.342. The lowest BCUT2D eigenvalue weighted by Gasteiger charge is -2.07. The van der Waals surface area contributed by atoms with Crippen LogP contribution < -0.4 is 4.74 Å². The Balaban J connectivity index is 2.32. The minimum atomic E-state index is 0.606. The van der Waals surface area contributed by atoms with E-state index in [0.717, 1.165) is 33.4 Å². The highest BCUT2D eigenvalue weighted by atomic mass is 35.5. The molecule has 1 aromatic heterocycles. The summed E-state index contributed by atoms with van der Waals surface area (Å²) in [5, 5.41) is 1.68. The number of hydrogen-bond acceptors (Lipinski definition) is 1. The summed E-state index contributed by atoms with van der Waals surface area (Å²) in [4.78, 5) is 0. The monoisotopic (exact) mass is 313 g/mol. The zero-order chi connectivity index (χ0) is 15.7. The van der Waals surface area contributed by atoms with Crippen LogP contribution in [0.5, 0.6) is 5.75 Å². The highest BCUT2D eigenvalue weighted by Crippen LogP contribution is 2.37. The van der Waals surface area contributed by atoms with E-state index < -0.39 is 0 Å². The first-order valence-corrected chi connectivity index (χ1v) is 7.73. The van der Waals surface area contributed by atoms with Crippen molar-refractivity contribution in [1.29, 1.82) is 0 Å². The molecule has 112 valence electrons. The molecule has 0 aliphatic rings. The summed E-state index contributed by atoms with van der Waals surface area (Å²) in [6.45, 7) is 6.72. The van der Waals surface area contributed by atoms with Crippen LogP contribution in [0.3, 0.4) is 0 Å². The van der Waals surface area contributed by atoms with Crippen LogP contribution in [0.15, 0.2) is 46.9 Å². The van der Waals surface area contributed by atoms with Crippen LogP contribution in [0.2, 0.25) is 5.02 Å². The summed E-state index contributed by atoms with van der Waals surface area (Å²) in [6.07, 6.45) is 0. The predicted octanol–water partition coefficient (Wildman–Crippen LogP) is 6.05. The number of ether oxygens (including phenoxy) is 1. The summed E-state index contributed by atoms with van der Waals surface area (Å²) in [5.74, 6) is 1.54. The third kappa shape index (κ3) is 2.67. The third-order valence-electron chi connectivity index (χ3n) is 3.61. The van der Waals surface area contributed by atoms with Crippen molar-refractivity contribution in [2.45, 2.75) is 20.8 Å². The third-order valence-corrected chi connectivity index (χ3v) is 3.94. The Kier molecular flexibility index (Phi) is 4.04. The van der Waals surface area contributed by atoms with Crippen molar-refractivity contribution in [2.24, 2.45) is 0 Å². The van der Waals surface area contributed by atoms with Gasteiger partial charge in [-0.2, -0.15) is 0 Å². The number of rotatable bonds is 3. The molecule has 0 spiro atoms. The Morgan fingerprint density at radius 1 is 1.09 bits per heavy atom. The average Bonchev–Trinajstić information content (AvgIpc) is 2.47. The average molecular weight is 314 g/mol. The Hall–Kier alpha value is -2.06. The molecule has 2 aromatic carbocycles. The molecule has 0 amide bonds. The molecule has 3 heteroatoms. The van der Waals surface area contributed by atoms with Crippen LogP contribution in [0.25, 0.3) is 22.3 Å². The number of benzene rings is 2. The summed E-state index contributed by atoms with van der Waals surface area (Å²) in [5.41, 5.74) is 3.99. The van der Waals surface area contributed by atoms with E-state index in [1.807, 2.05) is 43.3 Å². The molecule has 0 atom stereocenters. The van der Waals surface area contributed by atoms with Crippen LogP contribution in [-0.4, -0.2) is 6.61 Å².